The van der Waals surface area contributed by atoms with Gasteiger partial charge in [-0.15, -0.1) is 22.7 Å². The van der Waals surface area contributed by atoms with Gasteiger partial charge in [-0.05, 0) is 106 Å². The molecule has 44 heavy (non-hydrogen) atoms. The number of hydrogen-bond donors (Lipinski definition) is 1. The normalized spacial score (nSPS) is 11.1. The van der Waals surface area contributed by atoms with Gasteiger partial charge in [-0.1, -0.05) is 22.0 Å². The summed E-state index contributed by atoms with van der Waals surface area (Å²) in [5.41, 5.74) is -0.241. The van der Waals surface area contributed by atoms with Crippen LogP contribution in [0.25, 0.3) is 10.2 Å². The fraction of sp³-hybridized carbons (Fsp3) is 0.467. The average Bonchev–Trinajstić information content (AvgIpc) is 3.60. The summed E-state index contributed by atoms with van der Waals surface area (Å²) in [4.78, 5) is 46.5. The molecule has 3 aromatic rings. The molecule has 0 unspecified atom stereocenters. The average molecular weight is 828 g/mol. The molecular formula is C30H40BrIN2O8S2. The zero-order valence-electron chi connectivity index (χ0n) is 26.2. The Hall–Kier alpha value is -2.43. The second-order valence-corrected chi connectivity index (χ2v) is 14.3. The first-order chi connectivity index (χ1) is 20.5. The number of ether oxygens (including phenoxy) is 4. The number of nitrogens with one attached hydrogen (secondary N) is 1. The number of hydrogen-bond acceptors (Lipinski definition) is 10. The Morgan fingerprint density at radius 1 is 0.955 bits per heavy atom. The lowest BCUT2D eigenvalue weighted by atomic mass is 10.2. The van der Waals surface area contributed by atoms with Crippen LogP contribution in [0, 0.1) is 3.57 Å². The van der Waals surface area contributed by atoms with Crippen molar-refractivity contribution in [1.82, 2.24) is 4.57 Å². The summed E-state index contributed by atoms with van der Waals surface area (Å²) in [5.74, 6) is -0.580. The van der Waals surface area contributed by atoms with Crippen molar-refractivity contribution in [3.8, 4) is 0 Å². The molecule has 3 rings (SSSR count). The molecule has 1 amide bonds. The zero-order chi connectivity index (χ0) is 33.5. The molecule has 0 atom stereocenters. The van der Waals surface area contributed by atoms with Gasteiger partial charge >= 0.3 is 24.1 Å². The molecule has 0 spiro atoms. The number of amides is 1. The Labute approximate surface area is 288 Å². The van der Waals surface area contributed by atoms with Gasteiger partial charge in [0.05, 0.1) is 19.6 Å². The van der Waals surface area contributed by atoms with Crippen LogP contribution in [0.1, 0.15) is 61.0 Å². The smallest absolute Gasteiger partial charge is 0.419 e. The number of halogens is 2. The van der Waals surface area contributed by atoms with Crippen molar-refractivity contribution in [3.63, 3.8) is 0 Å². The molecule has 1 N–H and O–H groups in total. The van der Waals surface area contributed by atoms with E-state index in [1.807, 2.05) is 64.4 Å². The van der Waals surface area contributed by atoms with Crippen molar-refractivity contribution >= 4 is 101 Å². The maximum atomic E-state index is 12.2. The van der Waals surface area contributed by atoms with E-state index in [4.69, 9.17) is 14.2 Å². The summed E-state index contributed by atoms with van der Waals surface area (Å²) in [7, 11) is 0. The highest BCUT2D eigenvalue weighted by molar-refractivity contribution is 14.1. The minimum Gasteiger partial charge on any atom is -0.466 e. The Balaban J connectivity index is 0.000000363. The summed E-state index contributed by atoms with van der Waals surface area (Å²) in [6, 6.07) is 3.84. The van der Waals surface area contributed by atoms with Crippen LogP contribution < -0.4 is 5.32 Å². The van der Waals surface area contributed by atoms with Crippen LogP contribution in [-0.2, 0) is 35.0 Å². The van der Waals surface area contributed by atoms with Crippen molar-refractivity contribution in [2.24, 2.45) is 0 Å². The second-order valence-electron chi connectivity index (χ2n) is 10.7. The first-order valence-corrected chi connectivity index (χ1v) is 17.6. The maximum absolute atomic E-state index is 12.2. The van der Waals surface area contributed by atoms with E-state index in [2.05, 4.69) is 48.6 Å². The Morgan fingerprint density at radius 3 is 2.09 bits per heavy atom. The third kappa shape index (κ3) is 15.5. The van der Waals surface area contributed by atoms with Crippen molar-refractivity contribution < 1.29 is 38.1 Å². The van der Waals surface area contributed by atoms with E-state index in [9.17, 15) is 19.2 Å². The van der Waals surface area contributed by atoms with Gasteiger partial charge in [-0.3, -0.25) is 10.1 Å². The number of fused-ring (bicyclic) bond motifs is 1. The maximum Gasteiger partial charge on any atom is 0.419 e. The summed E-state index contributed by atoms with van der Waals surface area (Å²) < 4.78 is 22.5. The fourth-order valence-corrected chi connectivity index (χ4v) is 5.77. The lowest BCUT2D eigenvalue weighted by molar-refractivity contribution is -0.142. The quantitative estimate of drug-likeness (QED) is 0.0825. The molecule has 0 bridgehead atoms. The number of carbonyl (C=O) groups is 4. The van der Waals surface area contributed by atoms with Crippen LogP contribution in [0.4, 0.5) is 14.6 Å². The Bertz CT molecular complexity index is 1400. The number of anilines is 1. The number of allylic oxidation sites excluding steroid dienone is 1. The third-order valence-corrected chi connectivity index (χ3v) is 7.97. The van der Waals surface area contributed by atoms with E-state index in [1.165, 1.54) is 33.3 Å². The lowest BCUT2D eigenvalue weighted by Gasteiger charge is -2.19. The van der Waals surface area contributed by atoms with E-state index in [0.29, 0.717) is 18.5 Å². The molecule has 3 heterocycles. The van der Waals surface area contributed by atoms with Gasteiger partial charge in [0.15, 0.2) is 0 Å². The van der Waals surface area contributed by atoms with E-state index < -0.39 is 23.4 Å². The van der Waals surface area contributed by atoms with E-state index >= 15 is 0 Å². The van der Waals surface area contributed by atoms with Crippen molar-refractivity contribution in [2.75, 3.05) is 23.9 Å². The van der Waals surface area contributed by atoms with Gasteiger partial charge in [0.1, 0.15) is 21.0 Å². The van der Waals surface area contributed by atoms with Gasteiger partial charge in [0, 0.05) is 26.6 Å². The summed E-state index contributed by atoms with van der Waals surface area (Å²) >= 11 is 8.22. The molecule has 0 aliphatic heterocycles. The van der Waals surface area contributed by atoms with Crippen LogP contribution in [0.2, 0.25) is 0 Å². The van der Waals surface area contributed by atoms with Crippen molar-refractivity contribution in [1.29, 1.82) is 0 Å². The minimum atomic E-state index is -0.563. The third-order valence-electron chi connectivity index (χ3n) is 4.59. The number of alkyl halides is 1. The van der Waals surface area contributed by atoms with E-state index in [-0.39, 0.29) is 18.4 Å². The van der Waals surface area contributed by atoms with Crippen LogP contribution in [0.15, 0.2) is 41.2 Å². The van der Waals surface area contributed by atoms with Gasteiger partial charge in [0.2, 0.25) is 0 Å². The van der Waals surface area contributed by atoms with E-state index in [1.54, 1.807) is 26.1 Å². The van der Waals surface area contributed by atoms with Crippen LogP contribution >= 0.6 is 61.2 Å². The highest BCUT2D eigenvalue weighted by atomic mass is 127. The molecule has 0 fully saturated rings. The number of aromatic nitrogens is 1. The summed E-state index contributed by atoms with van der Waals surface area (Å²) in [6.45, 7) is 15.3. The molecule has 0 saturated heterocycles. The lowest BCUT2D eigenvalue weighted by Crippen LogP contribution is -2.27. The molecule has 14 heteroatoms. The Morgan fingerprint density at radius 2 is 1.57 bits per heavy atom. The number of thiophene rings is 2. The van der Waals surface area contributed by atoms with Gasteiger partial charge < -0.3 is 18.9 Å². The summed E-state index contributed by atoms with van der Waals surface area (Å²) in [5, 5.41) is 8.92. The number of esters is 2. The van der Waals surface area contributed by atoms with E-state index in [0.717, 1.165) is 24.4 Å². The molecule has 0 aliphatic rings. The standard InChI is InChI=1S/C15H19NO4S.C9H12INO2S.C6H9BrO2/c1-5-19-12(17)8-10-9-16(13-11(10)6-7-21-13)14(18)20-15(2,3)4;1-9(2,3)13-8(12)11-7-6(10)4-5-14-7;1-2-9-6(8)4-3-5-7/h6-7,9H,5,8H2,1-4H3;4-5H,1-3H3,(H,11,12);3-4H,2,5H2,1H3/b;;4-3+. The van der Waals surface area contributed by atoms with Crippen molar-refractivity contribution in [2.45, 2.75) is 73.0 Å². The van der Waals surface area contributed by atoms with Crippen molar-refractivity contribution in [3.05, 3.63) is 50.4 Å². The largest absolute Gasteiger partial charge is 0.466 e. The number of rotatable bonds is 7. The zero-order valence-corrected chi connectivity index (χ0v) is 31.5. The molecule has 10 nitrogen and oxygen atoms in total. The molecule has 0 aromatic carbocycles. The Kier molecular flexibility index (Phi) is 17.2. The fourth-order valence-electron chi connectivity index (χ4n) is 3.08. The molecule has 3 aromatic heterocycles. The van der Waals surface area contributed by atoms with Crippen LogP contribution in [-0.4, -0.2) is 58.4 Å². The minimum absolute atomic E-state index is 0.150. The first kappa shape index (κ1) is 39.6. The predicted molar refractivity (Wildman–Crippen MR) is 188 cm³/mol. The van der Waals surface area contributed by atoms with Gasteiger partial charge in [-0.2, -0.15) is 0 Å². The molecule has 0 radical (unpaired) electrons. The predicted octanol–water partition coefficient (Wildman–Crippen LogP) is 8.79. The van der Waals surface area contributed by atoms with Gasteiger partial charge in [0.25, 0.3) is 0 Å². The number of nitrogens with zero attached hydrogens (tertiary/aromatic N) is 1. The molecule has 244 valence electrons. The monoisotopic (exact) mass is 826 g/mol. The first-order valence-electron chi connectivity index (χ1n) is 13.6. The highest BCUT2D eigenvalue weighted by Gasteiger charge is 2.22. The van der Waals surface area contributed by atoms with Crippen LogP contribution in [0.3, 0.4) is 0 Å². The van der Waals surface area contributed by atoms with Gasteiger partial charge in [-0.25, -0.2) is 19.0 Å². The topological polar surface area (TPSA) is 122 Å². The summed E-state index contributed by atoms with van der Waals surface area (Å²) in [6.07, 6.45) is 4.06. The second kappa shape index (κ2) is 19.2. The van der Waals surface area contributed by atoms with Crippen LogP contribution in [0.5, 0.6) is 0 Å². The molecule has 0 saturated carbocycles. The molecule has 0 aliphatic carbocycles. The number of carbonyl (C=O) groups excluding carboxylic acids is 4. The highest BCUT2D eigenvalue weighted by Crippen LogP contribution is 2.28. The molecular weight excluding hydrogens is 787 g/mol. The SMILES string of the molecule is CC(C)(C)OC(=O)Nc1sccc1I.CCOC(=O)/C=C/CBr.CCOC(=O)Cc1cn(C(=O)OC(C)(C)C)c2sccc12.